The van der Waals surface area contributed by atoms with Crippen LogP contribution in [0.25, 0.3) is 17.3 Å². The number of carbonyl (C=O) groups excluding carboxylic acids is 1. The molecular weight excluding hydrogens is 428 g/mol. The Balaban J connectivity index is 1.54. The second-order valence-corrected chi connectivity index (χ2v) is 10.1. The van der Waals surface area contributed by atoms with Crippen LogP contribution in [0.15, 0.2) is 70.6 Å². The molecule has 0 aliphatic heterocycles. The van der Waals surface area contributed by atoms with Crippen LogP contribution in [0.2, 0.25) is 5.02 Å². The van der Waals surface area contributed by atoms with Crippen molar-refractivity contribution in [1.82, 2.24) is 9.78 Å². The summed E-state index contributed by atoms with van der Waals surface area (Å²) < 4.78 is 7.40. The summed E-state index contributed by atoms with van der Waals surface area (Å²) in [5, 5.41) is 5.61. The molecule has 0 N–H and O–H groups in total. The molecule has 1 aliphatic carbocycles. The normalized spacial score (nSPS) is 14.2. The number of nitrogens with zero attached hydrogens (tertiary/aromatic N) is 2. The lowest BCUT2D eigenvalue weighted by Gasteiger charge is -2.17. The third-order valence-electron chi connectivity index (χ3n) is 4.66. The summed E-state index contributed by atoms with van der Waals surface area (Å²) in [6.07, 6.45) is 7.73. The third kappa shape index (κ3) is 6.02. The quantitative estimate of drug-likeness (QED) is 0.297. The van der Waals surface area contributed by atoms with Gasteiger partial charge in [0.1, 0.15) is 11.3 Å². The first-order chi connectivity index (χ1) is 14.8. The Morgan fingerprint density at radius 3 is 2.42 bits per heavy atom. The Kier molecular flexibility index (Phi) is 6.26. The van der Waals surface area contributed by atoms with Gasteiger partial charge in [-0.1, -0.05) is 47.6 Å². The standard InChI is InChI=1S/C25H25ClN2O2S/c1-25(2,3)30-23(29)15-6-17-4-7-18(8-5-17)24-22(16-28(27-24)20-11-12-20)31-21-13-9-19(26)10-14-21/h4-10,13-16,20H,11-12H2,1-3H3. The molecule has 1 saturated carbocycles. The Morgan fingerprint density at radius 1 is 1.13 bits per heavy atom. The van der Waals surface area contributed by atoms with Crippen LogP contribution in [-0.2, 0) is 9.53 Å². The van der Waals surface area contributed by atoms with E-state index >= 15 is 0 Å². The van der Waals surface area contributed by atoms with Crippen LogP contribution in [0.3, 0.4) is 0 Å². The molecule has 1 aromatic heterocycles. The number of benzene rings is 2. The molecule has 0 atom stereocenters. The molecule has 3 aromatic rings. The molecule has 1 heterocycles. The van der Waals surface area contributed by atoms with E-state index in [0.29, 0.717) is 6.04 Å². The van der Waals surface area contributed by atoms with Gasteiger partial charge >= 0.3 is 5.97 Å². The summed E-state index contributed by atoms with van der Waals surface area (Å²) in [6, 6.07) is 16.4. The van der Waals surface area contributed by atoms with Crippen molar-refractivity contribution >= 4 is 35.4 Å². The molecule has 4 rings (SSSR count). The largest absolute Gasteiger partial charge is 0.457 e. The number of carbonyl (C=O) groups is 1. The predicted molar refractivity (Wildman–Crippen MR) is 126 cm³/mol. The number of ether oxygens (including phenoxy) is 1. The molecule has 1 fully saturated rings. The maximum absolute atomic E-state index is 11.9. The van der Waals surface area contributed by atoms with Gasteiger partial charge in [0.05, 0.1) is 10.9 Å². The van der Waals surface area contributed by atoms with Gasteiger partial charge in [0, 0.05) is 27.8 Å². The first kappa shape index (κ1) is 21.7. The molecule has 0 unspecified atom stereocenters. The van der Waals surface area contributed by atoms with E-state index in [0.717, 1.165) is 31.6 Å². The van der Waals surface area contributed by atoms with Gasteiger partial charge in [-0.15, -0.1) is 0 Å². The monoisotopic (exact) mass is 452 g/mol. The van der Waals surface area contributed by atoms with Gasteiger partial charge in [-0.25, -0.2) is 4.79 Å². The van der Waals surface area contributed by atoms with Crippen LogP contribution in [0.4, 0.5) is 0 Å². The number of hydrogen-bond acceptors (Lipinski definition) is 4. The number of rotatable bonds is 6. The fourth-order valence-corrected chi connectivity index (χ4v) is 4.13. The average Bonchev–Trinajstić information content (AvgIpc) is 3.48. The lowest BCUT2D eigenvalue weighted by Crippen LogP contribution is -2.22. The van der Waals surface area contributed by atoms with E-state index in [-0.39, 0.29) is 5.97 Å². The molecular formula is C25H25ClN2O2S. The molecule has 4 nitrogen and oxygen atoms in total. The van der Waals surface area contributed by atoms with E-state index < -0.39 is 5.60 Å². The molecule has 0 saturated heterocycles. The van der Waals surface area contributed by atoms with Crippen LogP contribution < -0.4 is 0 Å². The minimum absolute atomic E-state index is 0.346. The van der Waals surface area contributed by atoms with Crippen LogP contribution in [0.1, 0.15) is 45.2 Å². The van der Waals surface area contributed by atoms with E-state index in [1.807, 2.05) is 69.3 Å². The third-order valence-corrected chi connectivity index (χ3v) is 5.94. The zero-order valence-corrected chi connectivity index (χ0v) is 19.4. The van der Waals surface area contributed by atoms with E-state index in [2.05, 4.69) is 10.9 Å². The Labute approximate surface area is 192 Å². The second-order valence-electron chi connectivity index (χ2n) is 8.60. The predicted octanol–water partition coefficient (Wildman–Crippen LogP) is 7.04. The molecule has 160 valence electrons. The topological polar surface area (TPSA) is 44.1 Å². The van der Waals surface area contributed by atoms with Crippen LogP contribution in [0.5, 0.6) is 0 Å². The Bertz CT molecular complexity index is 1090. The number of hydrogen-bond donors (Lipinski definition) is 0. The maximum Gasteiger partial charge on any atom is 0.331 e. The van der Waals surface area contributed by atoms with Gasteiger partial charge in [0.2, 0.25) is 0 Å². The van der Waals surface area contributed by atoms with Crippen LogP contribution in [0, 0.1) is 0 Å². The smallest absolute Gasteiger partial charge is 0.331 e. The highest BCUT2D eigenvalue weighted by Crippen LogP contribution is 2.40. The highest BCUT2D eigenvalue weighted by atomic mass is 35.5. The van der Waals surface area contributed by atoms with E-state index in [1.54, 1.807) is 17.8 Å². The van der Waals surface area contributed by atoms with Crippen molar-refractivity contribution in [3.8, 4) is 11.3 Å². The van der Waals surface area contributed by atoms with Crippen molar-refractivity contribution < 1.29 is 9.53 Å². The Morgan fingerprint density at radius 2 is 1.81 bits per heavy atom. The van der Waals surface area contributed by atoms with Crippen molar-refractivity contribution in [1.29, 1.82) is 0 Å². The van der Waals surface area contributed by atoms with Gasteiger partial charge in [-0.2, -0.15) is 5.10 Å². The number of halogens is 1. The summed E-state index contributed by atoms with van der Waals surface area (Å²) in [5.74, 6) is -0.346. The van der Waals surface area contributed by atoms with E-state index in [1.165, 1.54) is 18.9 Å². The summed E-state index contributed by atoms with van der Waals surface area (Å²) in [4.78, 5) is 14.1. The molecule has 6 heteroatoms. The molecule has 1 aliphatic rings. The maximum atomic E-state index is 11.9. The van der Waals surface area contributed by atoms with E-state index in [9.17, 15) is 4.79 Å². The molecule has 0 radical (unpaired) electrons. The van der Waals surface area contributed by atoms with Gasteiger partial charge in [0.25, 0.3) is 0 Å². The lowest BCUT2D eigenvalue weighted by atomic mass is 10.1. The van der Waals surface area contributed by atoms with Crippen LogP contribution >= 0.6 is 23.4 Å². The average molecular weight is 453 g/mol. The fraction of sp³-hybridized carbons (Fsp3) is 0.280. The molecule has 31 heavy (non-hydrogen) atoms. The number of aromatic nitrogens is 2. The van der Waals surface area contributed by atoms with Crippen molar-refractivity contribution in [2.45, 2.75) is 55.0 Å². The lowest BCUT2D eigenvalue weighted by molar-refractivity contribution is -0.148. The minimum Gasteiger partial charge on any atom is -0.457 e. The highest BCUT2D eigenvalue weighted by Gasteiger charge is 2.26. The van der Waals surface area contributed by atoms with E-state index in [4.69, 9.17) is 21.4 Å². The fourth-order valence-electron chi connectivity index (χ4n) is 3.06. The highest BCUT2D eigenvalue weighted by molar-refractivity contribution is 7.99. The van der Waals surface area contributed by atoms with Crippen molar-refractivity contribution in [3.63, 3.8) is 0 Å². The summed E-state index contributed by atoms with van der Waals surface area (Å²) >= 11 is 7.72. The first-order valence-electron chi connectivity index (χ1n) is 10.3. The number of esters is 1. The first-order valence-corrected chi connectivity index (χ1v) is 11.5. The molecule has 0 spiro atoms. The SMILES string of the molecule is CC(C)(C)OC(=O)C=Cc1ccc(-c2nn(C3CC3)cc2Sc2ccc(Cl)cc2)cc1. The van der Waals surface area contributed by atoms with Crippen molar-refractivity contribution in [3.05, 3.63) is 71.4 Å². The van der Waals surface area contributed by atoms with Crippen molar-refractivity contribution in [2.75, 3.05) is 0 Å². The summed E-state index contributed by atoms with van der Waals surface area (Å²) in [6.45, 7) is 5.57. The van der Waals surface area contributed by atoms with Crippen molar-refractivity contribution in [2.24, 2.45) is 0 Å². The van der Waals surface area contributed by atoms with Crippen LogP contribution in [-0.4, -0.2) is 21.4 Å². The second kappa shape index (κ2) is 8.93. The van der Waals surface area contributed by atoms with Gasteiger partial charge in [0.15, 0.2) is 0 Å². The zero-order chi connectivity index (χ0) is 22.0. The Hall–Kier alpha value is -2.50. The molecule has 0 bridgehead atoms. The van der Waals surface area contributed by atoms with Gasteiger partial charge < -0.3 is 4.74 Å². The minimum atomic E-state index is -0.496. The zero-order valence-electron chi connectivity index (χ0n) is 17.8. The van der Waals surface area contributed by atoms with Gasteiger partial charge in [-0.3, -0.25) is 4.68 Å². The molecule has 2 aromatic carbocycles. The van der Waals surface area contributed by atoms with Gasteiger partial charge in [-0.05, 0) is 69.5 Å². The summed E-state index contributed by atoms with van der Waals surface area (Å²) in [7, 11) is 0. The summed E-state index contributed by atoms with van der Waals surface area (Å²) in [5.41, 5.74) is 2.45. The molecule has 0 amide bonds.